The van der Waals surface area contributed by atoms with E-state index >= 15 is 0 Å². The standard InChI is InChI=1S/C29H40O8.C27H36O6.C25H32O4/c1-7-9-18-11-24(30-3)28(36-16-20-14-34-20)26(32-5)22(18)13-23-19(10-8-2)12-25(31-4)29(27(23)33-6)37-17-21-15-35-21;1-5-7-18-10-24(28-3)26(32-16-22-14-30-22)12-20(18)9-21-13-27(33-17-23-15-31-23)25(29-4)11-19(21)8-6-2;1-3-5-18-7-9-22(26-14-24-16-28-24)12-20(18)11-21-13-23(27-15-25-17-29-25)10-8-19(21)6-4-2/h11-12,20-21H,7-10,13-17H2,1-6H3;10-13,22-23H,5-9,14-17H2,1-4H3;7-10,12-13,24-25H,3-6,11,14-17H2,1-2H3. The number of hydrogen-bond acceptors (Lipinski definition) is 18. The van der Waals surface area contributed by atoms with Crippen LogP contribution in [0.15, 0.2) is 72.8 Å². The van der Waals surface area contributed by atoms with Crippen molar-refractivity contribution in [2.75, 3.05) is 122 Å². The maximum absolute atomic E-state index is 6.19. The first kappa shape index (κ1) is 74.4. The smallest absolute Gasteiger partial charge is 0.203 e. The van der Waals surface area contributed by atoms with E-state index in [1.165, 1.54) is 44.5 Å². The monoisotopic (exact) mass is 1370 g/mol. The maximum Gasteiger partial charge on any atom is 0.203 e. The first-order valence-electron chi connectivity index (χ1n) is 36.1. The van der Waals surface area contributed by atoms with Gasteiger partial charge in [0.05, 0.1) is 82.3 Å². The van der Waals surface area contributed by atoms with Crippen molar-refractivity contribution in [1.29, 1.82) is 0 Å². The molecule has 6 fully saturated rings. The third-order valence-corrected chi connectivity index (χ3v) is 18.2. The van der Waals surface area contributed by atoms with Gasteiger partial charge in [0.1, 0.15) is 87.8 Å². The Bertz CT molecular complexity index is 3300. The Balaban J connectivity index is 0.000000162. The van der Waals surface area contributed by atoms with E-state index in [2.05, 4.69) is 114 Å². The van der Waals surface area contributed by atoms with Crippen LogP contribution in [-0.4, -0.2) is 159 Å². The van der Waals surface area contributed by atoms with E-state index in [0.29, 0.717) is 93.8 Å². The highest BCUT2D eigenvalue weighted by molar-refractivity contribution is 5.65. The van der Waals surface area contributed by atoms with Crippen LogP contribution in [0.25, 0.3) is 0 Å². The summed E-state index contributed by atoms with van der Waals surface area (Å²) in [6.45, 7) is 21.1. The quantitative estimate of drug-likeness (QED) is 0.0329. The van der Waals surface area contributed by atoms with Gasteiger partial charge in [-0.25, -0.2) is 0 Å². The molecule has 18 nitrogen and oxygen atoms in total. The third kappa shape index (κ3) is 21.8. The molecule has 18 heteroatoms. The molecule has 0 saturated carbocycles. The van der Waals surface area contributed by atoms with Crippen LogP contribution in [0.5, 0.6) is 69.0 Å². The topological polar surface area (TPSA) is 186 Å². The molecule has 6 aromatic carbocycles. The summed E-state index contributed by atoms with van der Waals surface area (Å²) in [5.74, 6) is 8.85. The van der Waals surface area contributed by atoms with E-state index in [1.54, 1.807) is 42.7 Å². The van der Waals surface area contributed by atoms with Gasteiger partial charge in [-0.1, -0.05) is 92.2 Å². The van der Waals surface area contributed by atoms with Gasteiger partial charge < -0.3 is 85.3 Å². The fourth-order valence-electron chi connectivity index (χ4n) is 12.4. The Morgan fingerprint density at radius 2 is 0.535 bits per heavy atom. The molecule has 6 saturated heterocycles. The average Bonchev–Trinajstić information content (AvgIpc) is 1.12. The van der Waals surface area contributed by atoms with E-state index in [4.69, 9.17) is 85.3 Å². The van der Waals surface area contributed by atoms with Crippen molar-refractivity contribution < 1.29 is 85.3 Å². The molecule has 6 aliphatic rings. The zero-order chi connectivity index (χ0) is 69.6. The zero-order valence-corrected chi connectivity index (χ0v) is 60.8. The van der Waals surface area contributed by atoms with Crippen LogP contribution in [0.3, 0.4) is 0 Å². The molecule has 6 atom stereocenters. The fraction of sp³-hybridized carbons (Fsp3) is 0.556. The zero-order valence-electron chi connectivity index (χ0n) is 60.8. The van der Waals surface area contributed by atoms with Crippen molar-refractivity contribution in [3.8, 4) is 69.0 Å². The van der Waals surface area contributed by atoms with Crippen LogP contribution in [0, 0.1) is 0 Å². The molecule has 6 heterocycles. The Labute approximate surface area is 587 Å². The van der Waals surface area contributed by atoms with Crippen LogP contribution in [0.1, 0.15) is 147 Å². The molecule has 6 aliphatic heterocycles. The highest BCUT2D eigenvalue weighted by Gasteiger charge is 2.32. The lowest BCUT2D eigenvalue weighted by atomic mass is 9.90. The van der Waals surface area contributed by atoms with Crippen LogP contribution >= 0.6 is 0 Å². The minimum absolute atomic E-state index is 0.112. The minimum atomic E-state index is 0.112. The fourth-order valence-corrected chi connectivity index (χ4v) is 12.4. The highest BCUT2D eigenvalue weighted by atomic mass is 16.6. The Hall–Kier alpha value is -7.32. The van der Waals surface area contributed by atoms with Crippen molar-refractivity contribution in [3.05, 3.63) is 140 Å². The summed E-state index contributed by atoms with van der Waals surface area (Å²) in [5, 5.41) is 0. The second-order valence-corrected chi connectivity index (χ2v) is 26.2. The number of ether oxygens (including phenoxy) is 18. The molecule has 0 spiro atoms. The molecule has 99 heavy (non-hydrogen) atoms. The second-order valence-electron chi connectivity index (χ2n) is 26.2. The summed E-state index contributed by atoms with van der Waals surface area (Å²) >= 11 is 0. The number of benzene rings is 6. The lowest BCUT2D eigenvalue weighted by molar-refractivity contribution is 0.239. The highest BCUT2D eigenvalue weighted by Crippen LogP contribution is 2.49. The largest absolute Gasteiger partial charge is 0.493 e. The van der Waals surface area contributed by atoms with Crippen molar-refractivity contribution in [1.82, 2.24) is 0 Å². The maximum atomic E-state index is 6.19. The van der Waals surface area contributed by atoms with Crippen molar-refractivity contribution >= 4 is 0 Å². The lowest BCUT2D eigenvalue weighted by Crippen LogP contribution is -2.12. The van der Waals surface area contributed by atoms with Crippen LogP contribution in [0.2, 0.25) is 0 Å². The average molecular weight is 1370 g/mol. The molecule has 0 N–H and O–H groups in total. The molecule has 6 aromatic rings. The number of epoxide rings is 6. The Morgan fingerprint density at radius 1 is 0.263 bits per heavy atom. The van der Waals surface area contributed by atoms with Crippen molar-refractivity contribution in [2.45, 2.75) is 174 Å². The van der Waals surface area contributed by atoms with Gasteiger partial charge in [0.15, 0.2) is 46.0 Å². The molecule has 0 aromatic heterocycles. The number of hydrogen-bond donors (Lipinski definition) is 0. The van der Waals surface area contributed by atoms with Gasteiger partial charge in [0.2, 0.25) is 11.5 Å². The number of rotatable bonds is 42. The Morgan fingerprint density at radius 3 is 0.838 bits per heavy atom. The molecule has 540 valence electrons. The van der Waals surface area contributed by atoms with Gasteiger partial charge in [-0.15, -0.1) is 0 Å². The molecular formula is C81H108O18. The summed E-state index contributed by atoms with van der Waals surface area (Å²) < 4.78 is 103. The first-order valence-corrected chi connectivity index (χ1v) is 36.1. The molecule has 0 amide bonds. The van der Waals surface area contributed by atoms with Gasteiger partial charge >= 0.3 is 0 Å². The number of aryl methyl sites for hydroxylation is 6. The summed E-state index contributed by atoms with van der Waals surface area (Å²) in [6, 6.07) is 25.8. The predicted octanol–water partition coefficient (Wildman–Crippen LogP) is 14.3. The van der Waals surface area contributed by atoms with Crippen molar-refractivity contribution in [3.63, 3.8) is 0 Å². The lowest BCUT2D eigenvalue weighted by Gasteiger charge is -2.24. The molecule has 6 unspecified atom stereocenters. The molecule has 0 aliphatic carbocycles. The second kappa shape index (κ2) is 37.4. The summed E-state index contributed by atoms with van der Waals surface area (Å²) in [6.07, 6.45) is 15.7. The van der Waals surface area contributed by atoms with E-state index in [-0.39, 0.29) is 36.6 Å². The van der Waals surface area contributed by atoms with E-state index in [1.807, 2.05) is 0 Å². The summed E-state index contributed by atoms with van der Waals surface area (Å²) in [5.41, 5.74) is 15.0. The van der Waals surface area contributed by atoms with Gasteiger partial charge in [-0.3, -0.25) is 0 Å². The Kier molecular flexibility index (Phi) is 28.1. The van der Waals surface area contributed by atoms with Gasteiger partial charge in [0, 0.05) is 17.5 Å². The predicted molar refractivity (Wildman–Crippen MR) is 382 cm³/mol. The van der Waals surface area contributed by atoms with Crippen LogP contribution in [0.4, 0.5) is 0 Å². The van der Waals surface area contributed by atoms with Crippen molar-refractivity contribution in [2.24, 2.45) is 0 Å². The summed E-state index contributed by atoms with van der Waals surface area (Å²) in [4.78, 5) is 0. The van der Waals surface area contributed by atoms with E-state index in [0.717, 1.165) is 173 Å². The first-order chi connectivity index (χ1) is 48.5. The molecule has 0 bridgehead atoms. The van der Waals surface area contributed by atoms with Crippen LogP contribution < -0.4 is 56.8 Å². The molecule has 0 radical (unpaired) electrons. The summed E-state index contributed by atoms with van der Waals surface area (Å²) in [7, 11) is 10.1. The van der Waals surface area contributed by atoms with Gasteiger partial charge in [0.25, 0.3) is 0 Å². The molecular weight excluding hydrogens is 1260 g/mol. The normalized spacial score (nSPS) is 18.7. The van der Waals surface area contributed by atoms with E-state index < -0.39 is 0 Å². The van der Waals surface area contributed by atoms with E-state index in [9.17, 15) is 0 Å². The van der Waals surface area contributed by atoms with Gasteiger partial charge in [-0.2, -0.15) is 0 Å². The van der Waals surface area contributed by atoms with Gasteiger partial charge in [-0.05, 0) is 168 Å². The van der Waals surface area contributed by atoms with Crippen LogP contribution in [-0.2, 0) is 86.2 Å². The molecule has 12 rings (SSSR count). The third-order valence-electron chi connectivity index (χ3n) is 18.2. The minimum Gasteiger partial charge on any atom is -0.493 e. The number of methoxy groups -OCH3 is 6. The SMILES string of the molecule is CCCc1cc(OC)c(OCC2CO2)c(OC)c1Cc1c(CCC)cc(OC)c(OCC2CO2)c1OC.CCCc1cc(OC)c(OCC2CO2)cc1Cc1cc(OCC2CO2)c(OC)cc1CCC.CCCc1ccc(OCC2CO2)cc1Cc1cc(OCC2CO2)ccc1CCC.